The van der Waals surface area contributed by atoms with Crippen molar-refractivity contribution in [1.29, 1.82) is 0 Å². The van der Waals surface area contributed by atoms with Gasteiger partial charge in [-0.25, -0.2) is 4.79 Å². The van der Waals surface area contributed by atoms with Crippen LogP contribution in [0.3, 0.4) is 0 Å². The lowest BCUT2D eigenvalue weighted by atomic mass is 9.73. The highest BCUT2D eigenvalue weighted by molar-refractivity contribution is 7.14. The summed E-state index contributed by atoms with van der Waals surface area (Å²) in [4.78, 5) is 51.3. The average molecular weight is 707 g/mol. The van der Waals surface area contributed by atoms with Gasteiger partial charge in [0.1, 0.15) is 29.8 Å². The van der Waals surface area contributed by atoms with Gasteiger partial charge in [-0.05, 0) is 24.4 Å². The third-order valence-electron chi connectivity index (χ3n) is 8.67. The third-order valence-corrected chi connectivity index (χ3v) is 9.45. The summed E-state index contributed by atoms with van der Waals surface area (Å²) in [6, 6.07) is 7.55. The summed E-state index contributed by atoms with van der Waals surface area (Å²) in [6.45, 7) is 0.626. The van der Waals surface area contributed by atoms with E-state index in [0.29, 0.717) is 5.00 Å². The van der Waals surface area contributed by atoms with Crippen LogP contribution in [0.2, 0.25) is 0 Å². The molecule has 17 heteroatoms. The molecule has 0 unspecified atom stereocenters. The summed E-state index contributed by atoms with van der Waals surface area (Å²) >= 11 is 1.20. The van der Waals surface area contributed by atoms with E-state index in [1.807, 2.05) is 0 Å². The maximum atomic E-state index is 13.6. The van der Waals surface area contributed by atoms with Crippen molar-refractivity contribution in [1.82, 2.24) is 5.32 Å². The maximum Gasteiger partial charge on any atom is 0.471 e. The molecule has 1 saturated heterocycles. The number of halogens is 3. The number of fused-ring (bicyclic) bond motifs is 3. The largest absolute Gasteiger partial charge is 0.507 e. The molecule has 6 N–H and O–H groups in total. The van der Waals surface area contributed by atoms with Crippen LogP contribution in [-0.4, -0.2) is 86.9 Å². The Kier molecular flexibility index (Phi) is 8.91. The van der Waals surface area contributed by atoms with Crippen LogP contribution in [0.1, 0.15) is 68.8 Å². The number of phenolic OH excluding ortho intramolecular Hbond substituents is 2. The van der Waals surface area contributed by atoms with Gasteiger partial charge < -0.3 is 40.0 Å². The summed E-state index contributed by atoms with van der Waals surface area (Å²) in [5, 5.41) is 51.7. The second-order valence-corrected chi connectivity index (χ2v) is 13.0. The standard InChI is InChI=1S/C32H29F3N2O11S/c1-13-24(38)17(36-29(43)32(33,34)35)9-20(47-13)48-18-11-31(45,12-46-30(44)37-19-7-4-8-49-19)10-16-21(18)28(42)23-22(27(16)41)25(39)14-5-2-3-6-15(14)26(23)40/h2-8,13,17-18,20,24,38,41-42,45H,9-12H2,1H3,(H,36,43)(H,37,44)/t13-,17-,18-,20-,24+,31-/m0/s1. The molecule has 1 aliphatic heterocycles. The molecule has 0 saturated carbocycles. The Morgan fingerprint density at radius 2 is 1.71 bits per heavy atom. The Morgan fingerprint density at radius 3 is 2.33 bits per heavy atom. The summed E-state index contributed by atoms with van der Waals surface area (Å²) in [5.74, 6) is -5.36. The quantitative estimate of drug-likeness (QED) is 0.161. The van der Waals surface area contributed by atoms with E-state index in [1.165, 1.54) is 42.5 Å². The molecule has 49 heavy (non-hydrogen) atoms. The molecule has 0 spiro atoms. The van der Waals surface area contributed by atoms with Gasteiger partial charge in [-0.2, -0.15) is 13.2 Å². The number of nitrogens with one attached hydrogen (secondary N) is 2. The topological polar surface area (TPSA) is 201 Å². The zero-order valence-electron chi connectivity index (χ0n) is 25.4. The highest BCUT2D eigenvalue weighted by atomic mass is 32.1. The lowest BCUT2D eigenvalue weighted by Crippen LogP contribution is -2.57. The molecule has 0 radical (unpaired) electrons. The predicted molar refractivity (Wildman–Crippen MR) is 162 cm³/mol. The maximum absolute atomic E-state index is 13.6. The molecule has 3 aliphatic rings. The van der Waals surface area contributed by atoms with Crippen molar-refractivity contribution >= 4 is 39.9 Å². The minimum Gasteiger partial charge on any atom is -0.507 e. The van der Waals surface area contributed by atoms with Crippen molar-refractivity contribution < 1.29 is 67.0 Å². The number of ketones is 2. The molecule has 0 bridgehead atoms. The van der Waals surface area contributed by atoms with E-state index in [9.17, 15) is 52.8 Å². The van der Waals surface area contributed by atoms with E-state index >= 15 is 0 Å². The summed E-state index contributed by atoms with van der Waals surface area (Å²) in [7, 11) is 0. The predicted octanol–water partition coefficient (Wildman–Crippen LogP) is 3.46. The number of alkyl halides is 3. The van der Waals surface area contributed by atoms with E-state index in [1.54, 1.807) is 22.8 Å². The number of benzene rings is 2. The van der Waals surface area contributed by atoms with Gasteiger partial charge in [-0.15, -0.1) is 11.3 Å². The van der Waals surface area contributed by atoms with Gasteiger partial charge in [-0.3, -0.25) is 19.7 Å². The first-order chi connectivity index (χ1) is 23.1. The van der Waals surface area contributed by atoms with Crippen molar-refractivity contribution in [2.24, 2.45) is 0 Å². The van der Waals surface area contributed by atoms with Crippen molar-refractivity contribution in [3.05, 3.63) is 75.2 Å². The van der Waals surface area contributed by atoms with Crippen LogP contribution in [0.5, 0.6) is 11.5 Å². The van der Waals surface area contributed by atoms with E-state index in [0.717, 1.165) is 0 Å². The van der Waals surface area contributed by atoms with Gasteiger partial charge in [0.25, 0.3) is 0 Å². The van der Waals surface area contributed by atoms with Crippen molar-refractivity contribution in [3.8, 4) is 11.5 Å². The summed E-state index contributed by atoms with van der Waals surface area (Å²) in [5.41, 5.74) is -3.57. The number of aromatic hydroxyl groups is 2. The molecule has 1 aromatic heterocycles. The zero-order valence-corrected chi connectivity index (χ0v) is 26.3. The normalized spacial score (nSPS) is 26.3. The van der Waals surface area contributed by atoms with Crippen LogP contribution < -0.4 is 10.6 Å². The molecule has 1 fully saturated rings. The third kappa shape index (κ3) is 6.47. The van der Waals surface area contributed by atoms with Crippen LogP contribution in [-0.2, 0) is 25.4 Å². The summed E-state index contributed by atoms with van der Waals surface area (Å²) < 4.78 is 56.1. The van der Waals surface area contributed by atoms with Crippen LogP contribution in [0, 0.1) is 0 Å². The number of anilines is 1. The van der Waals surface area contributed by atoms with Crippen LogP contribution in [0.25, 0.3) is 0 Å². The lowest BCUT2D eigenvalue weighted by Gasteiger charge is -2.43. The molecular weight excluding hydrogens is 677 g/mol. The van der Waals surface area contributed by atoms with E-state index < -0.39 is 114 Å². The van der Waals surface area contributed by atoms with Gasteiger partial charge in [0, 0.05) is 41.5 Å². The number of aliphatic hydroxyl groups is 2. The Balaban J connectivity index is 1.37. The minimum absolute atomic E-state index is 0.0304. The number of aliphatic hydroxyl groups excluding tert-OH is 1. The number of rotatable bonds is 6. The molecule has 2 aromatic carbocycles. The number of thiophene rings is 1. The molecule has 2 aliphatic carbocycles. The highest BCUT2D eigenvalue weighted by Crippen LogP contribution is 2.52. The first kappa shape index (κ1) is 34.3. The number of phenols is 2. The molecule has 2 heterocycles. The van der Waals surface area contributed by atoms with Gasteiger partial charge >= 0.3 is 18.2 Å². The Hall–Kier alpha value is -4.55. The van der Waals surface area contributed by atoms with E-state index in [2.05, 4.69) is 5.32 Å². The lowest BCUT2D eigenvalue weighted by molar-refractivity contribution is -0.252. The van der Waals surface area contributed by atoms with Crippen molar-refractivity contribution in [2.45, 2.75) is 68.6 Å². The fraction of sp³-hybridized carbons (Fsp3) is 0.375. The minimum atomic E-state index is -5.25. The number of carbonyl (C=O) groups excluding carboxylic acids is 4. The first-order valence-electron chi connectivity index (χ1n) is 14.9. The van der Waals surface area contributed by atoms with Gasteiger partial charge in [0.15, 0.2) is 17.9 Å². The van der Waals surface area contributed by atoms with Gasteiger partial charge in [0.2, 0.25) is 0 Å². The first-order valence-corrected chi connectivity index (χ1v) is 15.8. The fourth-order valence-electron chi connectivity index (χ4n) is 6.38. The Morgan fingerprint density at radius 1 is 1.06 bits per heavy atom. The number of hydrogen-bond donors (Lipinski definition) is 6. The second-order valence-electron chi connectivity index (χ2n) is 12.0. The number of ether oxygens (including phenoxy) is 3. The van der Waals surface area contributed by atoms with Gasteiger partial charge in [-0.1, -0.05) is 24.3 Å². The summed E-state index contributed by atoms with van der Waals surface area (Å²) in [6.07, 6.45) is -13.4. The average Bonchev–Trinajstić information content (AvgIpc) is 3.55. The Labute approximate surface area is 279 Å². The van der Waals surface area contributed by atoms with E-state index in [-0.39, 0.29) is 22.3 Å². The van der Waals surface area contributed by atoms with E-state index in [4.69, 9.17) is 14.2 Å². The molecule has 260 valence electrons. The van der Waals surface area contributed by atoms with Crippen LogP contribution >= 0.6 is 11.3 Å². The molecular formula is C32H29F3N2O11S. The molecule has 13 nitrogen and oxygen atoms in total. The number of carbonyl (C=O) groups is 4. The molecule has 3 aromatic rings. The van der Waals surface area contributed by atoms with Crippen molar-refractivity contribution in [3.63, 3.8) is 0 Å². The monoisotopic (exact) mass is 706 g/mol. The highest BCUT2D eigenvalue weighted by Gasteiger charge is 2.49. The molecule has 6 rings (SSSR count). The smallest absolute Gasteiger partial charge is 0.471 e. The SMILES string of the molecule is C[C@@H]1O[C@@H](O[C@H]2C[C@](O)(COC(=O)Nc3cccs3)Cc3c(O)c4c(c(O)c32)C(=O)c2ccccc2C4=O)C[C@H](NC(=O)C(F)(F)F)[C@@H]1O. The fourth-order valence-corrected chi connectivity index (χ4v) is 6.99. The number of hydrogen-bond acceptors (Lipinski definition) is 12. The van der Waals surface area contributed by atoms with Crippen molar-refractivity contribution in [2.75, 3.05) is 11.9 Å². The molecule has 2 amide bonds. The van der Waals surface area contributed by atoms with Crippen LogP contribution in [0.15, 0.2) is 41.8 Å². The Bertz CT molecular complexity index is 1830. The second kappa shape index (κ2) is 12.7. The van der Waals surface area contributed by atoms with Crippen LogP contribution in [0.4, 0.5) is 23.0 Å². The zero-order chi connectivity index (χ0) is 35.4. The number of amides is 2. The van der Waals surface area contributed by atoms with Gasteiger partial charge in [0.05, 0.1) is 34.4 Å². The molecule has 6 atom stereocenters.